The molecule has 3 aromatic rings. The number of piperidine rings is 1. The van der Waals surface area contributed by atoms with Crippen LogP contribution < -0.4 is 0 Å². The first-order chi connectivity index (χ1) is 13.2. The van der Waals surface area contributed by atoms with Crippen LogP contribution in [0.3, 0.4) is 0 Å². The second-order valence-corrected chi connectivity index (χ2v) is 7.12. The zero-order valence-corrected chi connectivity index (χ0v) is 15.6. The summed E-state index contributed by atoms with van der Waals surface area (Å²) < 4.78 is 1.76. The molecule has 1 fully saturated rings. The minimum absolute atomic E-state index is 0.167. The number of carbonyl (C=O) groups is 1. The van der Waals surface area contributed by atoms with Crippen molar-refractivity contribution < 1.29 is 9.90 Å². The number of rotatable bonds is 6. The van der Waals surface area contributed by atoms with Crippen LogP contribution in [-0.4, -0.2) is 48.3 Å². The lowest BCUT2D eigenvalue weighted by molar-refractivity contribution is -0.134. The molecule has 0 unspecified atom stereocenters. The summed E-state index contributed by atoms with van der Waals surface area (Å²) in [7, 11) is 0. The Balaban J connectivity index is 1.69. The van der Waals surface area contributed by atoms with Crippen LogP contribution in [-0.2, 0) is 17.9 Å². The Morgan fingerprint density at radius 3 is 2.96 bits per heavy atom. The maximum Gasteiger partial charge on any atom is 0.222 e. The fourth-order valence-corrected chi connectivity index (χ4v) is 3.54. The first-order valence-electron chi connectivity index (χ1n) is 9.61. The molecule has 142 valence electrons. The van der Waals surface area contributed by atoms with Gasteiger partial charge in [0, 0.05) is 35.6 Å². The highest BCUT2D eigenvalue weighted by Crippen LogP contribution is 2.27. The zero-order chi connectivity index (χ0) is 18.8. The summed E-state index contributed by atoms with van der Waals surface area (Å²) in [6.45, 7) is 3.51. The van der Waals surface area contributed by atoms with E-state index in [-0.39, 0.29) is 5.91 Å². The van der Waals surface area contributed by atoms with Crippen LogP contribution in [0.2, 0.25) is 0 Å². The fraction of sp³-hybridized carbons (Fsp3) is 0.450. The van der Waals surface area contributed by atoms with E-state index in [4.69, 9.17) is 4.98 Å². The number of likely N-dealkylation sites (tertiary alicyclic amines) is 1. The number of aliphatic hydroxyl groups excluding tert-OH is 1. The lowest BCUT2D eigenvalue weighted by atomic mass is 10.1. The van der Waals surface area contributed by atoms with Gasteiger partial charge in [0.1, 0.15) is 5.82 Å². The van der Waals surface area contributed by atoms with Crippen LogP contribution in [0.4, 0.5) is 0 Å². The Labute approximate surface area is 158 Å². The molecule has 3 heterocycles. The maximum atomic E-state index is 12.2. The third kappa shape index (κ3) is 3.60. The van der Waals surface area contributed by atoms with E-state index >= 15 is 0 Å². The van der Waals surface area contributed by atoms with Gasteiger partial charge in [0.25, 0.3) is 0 Å². The third-order valence-electron chi connectivity index (χ3n) is 5.19. The second kappa shape index (κ2) is 7.52. The van der Waals surface area contributed by atoms with Gasteiger partial charge >= 0.3 is 0 Å². The number of para-hydroxylation sites is 1. The van der Waals surface area contributed by atoms with Crippen molar-refractivity contribution in [2.45, 2.75) is 51.8 Å². The highest BCUT2D eigenvalue weighted by atomic mass is 16.3. The van der Waals surface area contributed by atoms with Gasteiger partial charge in [-0.15, -0.1) is 0 Å². The molecule has 2 aromatic heterocycles. The predicted molar refractivity (Wildman–Crippen MR) is 103 cm³/mol. The second-order valence-electron chi connectivity index (χ2n) is 7.12. The number of fused-ring (bicyclic) bond motifs is 1. The van der Waals surface area contributed by atoms with Crippen molar-refractivity contribution in [2.75, 3.05) is 6.54 Å². The Kier molecular flexibility index (Phi) is 4.94. The number of aromatic nitrogens is 4. The van der Waals surface area contributed by atoms with Gasteiger partial charge in [-0.1, -0.05) is 25.1 Å². The molecule has 1 aromatic carbocycles. The van der Waals surface area contributed by atoms with Crippen molar-refractivity contribution in [3.63, 3.8) is 0 Å². The molecular weight excluding hydrogens is 342 g/mol. The number of amides is 1. The number of carbonyl (C=O) groups excluding carboxylic acids is 1. The predicted octanol–water partition coefficient (Wildman–Crippen LogP) is 2.71. The molecular formula is C20H25N5O2. The topological polar surface area (TPSA) is 87.0 Å². The Hall–Kier alpha value is -2.67. The number of hydrogen-bond acceptors (Lipinski definition) is 4. The SMILES string of the molecule is CC[C@@H](O)Cn1nc(-c2c[nH]c3ccccc23)nc1CN1CCCCC1=O. The first-order valence-corrected chi connectivity index (χ1v) is 9.61. The molecule has 0 bridgehead atoms. The van der Waals surface area contributed by atoms with E-state index in [2.05, 4.69) is 10.1 Å². The van der Waals surface area contributed by atoms with Crippen LogP contribution in [0.5, 0.6) is 0 Å². The van der Waals surface area contributed by atoms with Crippen molar-refractivity contribution in [3.8, 4) is 11.4 Å². The van der Waals surface area contributed by atoms with E-state index in [0.29, 0.717) is 31.8 Å². The number of benzene rings is 1. The van der Waals surface area contributed by atoms with E-state index in [1.165, 1.54) is 0 Å². The Bertz CT molecular complexity index is 945. The molecule has 0 radical (unpaired) electrons. The average molecular weight is 367 g/mol. The van der Waals surface area contributed by atoms with Crippen LogP contribution in [0.15, 0.2) is 30.5 Å². The molecule has 2 N–H and O–H groups in total. The summed E-state index contributed by atoms with van der Waals surface area (Å²) in [6, 6.07) is 8.03. The fourth-order valence-electron chi connectivity index (χ4n) is 3.54. The minimum Gasteiger partial charge on any atom is -0.391 e. The first kappa shape index (κ1) is 17.7. The lowest BCUT2D eigenvalue weighted by Gasteiger charge is -2.26. The van der Waals surface area contributed by atoms with Gasteiger partial charge < -0.3 is 15.0 Å². The number of aliphatic hydroxyl groups is 1. The van der Waals surface area contributed by atoms with Gasteiger partial charge in [-0.2, -0.15) is 5.10 Å². The molecule has 1 atom stereocenters. The van der Waals surface area contributed by atoms with Crippen molar-refractivity contribution >= 4 is 16.8 Å². The Morgan fingerprint density at radius 1 is 1.30 bits per heavy atom. The summed E-state index contributed by atoms with van der Waals surface area (Å²) in [5.74, 6) is 1.51. The summed E-state index contributed by atoms with van der Waals surface area (Å²) in [6.07, 6.45) is 4.64. The molecule has 0 spiro atoms. The highest BCUT2D eigenvalue weighted by Gasteiger charge is 2.23. The normalized spacial score (nSPS) is 16.2. The average Bonchev–Trinajstić information content (AvgIpc) is 3.27. The molecule has 7 heteroatoms. The van der Waals surface area contributed by atoms with E-state index in [1.54, 1.807) is 4.68 Å². The van der Waals surface area contributed by atoms with Crippen molar-refractivity contribution in [2.24, 2.45) is 0 Å². The van der Waals surface area contributed by atoms with Crippen molar-refractivity contribution in [1.29, 1.82) is 0 Å². The third-order valence-corrected chi connectivity index (χ3v) is 5.19. The molecule has 1 saturated heterocycles. The summed E-state index contributed by atoms with van der Waals surface area (Å²) >= 11 is 0. The summed E-state index contributed by atoms with van der Waals surface area (Å²) in [5, 5.41) is 15.9. The number of nitrogens with zero attached hydrogens (tertiary/aromatic N) is 4. The van der Waals surface area contributed by atoms with Crippen LogP contribution in [0.1, 0.15) is 38.4 Å². The van der Waals surface area contributed by atoms with E-state index in [0.717, 1.165) is 41.7 Å². The Morgan fingerprint density at radius 2 is 2.15 bits per heavy atom. The molecule has 27 heavy (non-hydrogen) atoms. The smallest absolute Gasteiger partial charge is 0.222 e. The van der Waals surface area contributed by atoms with Crippen LogP contribution in [0.25, 0.3) is 22.3 Å². The molecule has 1 aliphatic heterocycles. The maximum absolute atomic E-state index is 12.2. The van der Waals surface area contributed by atoms with Crippen molar-refractivity contribution in [1.82, 2.24) is 24.6 Å². The molecule has 0 saturated carbocycles. The number of H-pyrrole nitrogens is 1. The summed E-state index contributed by atoms with van der Waals surface area (Å²) in [4.78, 5) is 22.1. The molecule has 4 rings (SSSR count). The standard InChI is InChI=1S/C20H25N5O2/c1-2-14(26)12-25-18(13-24-10-6-5-9-19(24)27)22-20(23-25)16-11-21-17-8-4-3-7-15(16)17/h3-4,7-8,11,14,21,26H,2,5-6,9-10,12-13H2,1H3/t14-/m1/s1. The zero-order valence-electron chi connectivity index (χ0n) is 15.6. The number of nitrogens with one attached hydrogen (secondary N) is 1. The van der Waals surface area contributed by atoms with E-state index in [9.17, 15) is 9.90 Å². The van der Waals surface area contributed by atoms with Gasteiger partial charge in [0.05, 0.1) is 19.2 Å². The number of hydrogen-bond donors (Lipinski definition) is 2. The molecule has 0 aliphatic carbocycles. The van der Waals surface area contributed by atoms with E-state index in [1.807, 2.05) is 42.3 Å². The van der Waals surface area contributed by atoms with Crippen molar-refractivity contribution in [3.05, 3.63) is 36.3 Å². The van der Waals surface area contributed by atoms with E-state index < -0.39 is 6.10 Å². The van der Waals surface area contributed by atoms with Gasteiger partial charge in [-0.25, -0.2) is 9.67 Å². The highest BCUT2D eigenvalue weighted by molar-refractivity contribution is 5.93. The molecule has 1 amide bonds. The quantitative estimate of drug-likeness (QED) is 0.701. The van der Waals surface area contributed by atoms with Crippen LogP contribution in [0, 0.1) is 0 Å². The summed E-state index contributed by atoms with van der Waals surface area (Å²) in [5.41, 5.74) is 1.96. The minimum atomic E-state index is -0.488. The van der Waals surface area contributed by atoms with Gasteiger partial charge in [-0.05, 0) is 25.3 Å². The largest absolute Gasteiger partial charge is 0.391 e. The van der Waals surface area contributed by atoms with Gasteiger partial charge in [0.15, 0.2) is 5.82 Å². The van der Waals surface area contributed by atoms with Gasteiger partial charge in [-0.3, -0.25) is 4.79 Å². The number of aromatic amines is 1. The lowest BCUT2D eigenvalue weighted by Crippen LogP contribution is -2.36. The molecule has 1 aliphatic rings. The monoisotopic (exact) mass is 367 g/mol. The van der Waals surface area contributed by atoms with Crippen LogP contribution >= 0.6 is 0 Å². The molecule has 7 nitrogen and oxygen atoms in total. The van der Waals surface area contributed by atoms with Gasteiger partial charge in [0.2, 0.25) is 5.91 Å².